The zero-order valence-electron chi connectivity index (χ0n) is 18.2. The van der Waals surface area contributed by atoms with E-state index in [-0.39, 0.29) is 25.6 Å². The normalized spacial score (nSPS) is 16.9. The van der Waals surface area contributed by atoms with Crippen LogP contribution in [0.25, 0.3) is 5.57 Å². The number of aromatic nitrogens is 3. The molecule has 3 aromatic rings. The fraction of sp³-hybridized carbons (Fsp3) is 0.286. The van der Waals surface area contributed by atoms with Crippen LogP contribution in [-0.4, -0.2) is 48.3 Å². The highest BCUT2D eigenvalue weighted by Gasteiger charge is 2.32. The van der Waals surface area contributed by atoms with Gasteiger partial charge in [-0.25, -0.2) is 27.3 Å². The van der Waals surface area contributed by atoms with Crippen molar-refractivity contribution >= 4 is 32.9 Å². The maximum absolute atomic E-state index is 13.3. The lowest BCUT2D eigenvalue weighted by molar-refractivity contribution is -0.134. The van der Waals surface area contributed by atoms with Crippen LogP contribution < -0.4 is 15.3 Å². The van der Waals surface area contributed by atoms with Gasteiger partial charge in [-0.15, -0.1) is 11.3 Å². The number of nitrogens with one attached hydrogen (secondary N) is 1. The first-order chi connectivity index (χ1) is 16.4. The molecule has 0 fully saturated rings. The van der Waals surface area contributed by atoms with Gasteiger partial charge in [0.15, 0.2) is 0 Å². The Hall–Kier alpha value is -3.10. The number of anilines is 1. The van der Waals surface area contributed by atoms with Crippen molar-refractivity contribution in [1.82, 2.24) is 19.3 Å². The van der Waals surface area contributed by atoms with Gasteiger partial charge in [-0.1, -0.05) is 18.2 Å². The van der Waals surface area contributed by atoms with Crippen LogP contribution in [0.1, 0.15) is 15.3 Å². The molecule has 1 atom stereocenters. The van der Waals surface area contributed by atoms with Crippen LogP contribution in [0.4, 0.5) is 23.5 Å². The van der Waals surface area contributed by atoms with E-state index in [1.165, 1.54) is 24.5 Å². The predicted octanol–water partition coefficient (Wildman–Crippen LogP) is 2.73. The third-order valence-electron chi connectivity index (χ3n) is 5.15. The molecule has 35 heavy (non-hydrogen) atoms. The number of rotatable bonds is 6. The lowest BCUT2D eigenvalue weighted by Gasteiger charge is -2.33. The Morgan fingerprint density at radius 3 is 2.49 bits per heavy atom. The molecule has 14 heteroatoms. The smallest absolute Gasteiger partial charge is 0.335 e. The molecule has 0 amide bonds. The number of nitrogens with zero attached hydrogens (tertiary/aromatic N) is 4. The molecule has 0 bridgehead atoms. The van der Waals surface area contributed by atoms with E-state index in [0.29, 0.717) is 27.4 Å². The number of hydrogen-bond donors (Lipinski definition) is 1. The summed E-state index contributed by atoms with van der Waals surface area (Å²) in [6, 6.07) is 7.15. The van der Waals surface area contributed by atoms with Gasteiger partial charge in [-0.05, 0) is 35.4 Å². The van der Waals surface area contributed by atoms with Gasteiger partial charge in [0.2, 0.25) is 16.0 Å². The zero-order valence-corrected chi connectivity index (χ0v) is 19.8. The Labute approximate surface area is 201 Å². The predicted molar refractivity (Wildman–Crippen MR) is 123 cm³/mol. The second kappa shape index (κ2) is 9.51. The van der Waals surface area contributed by atoms with Gasteiger partial charge >= 0.3 is 11.9 Å². The van der Waals surface area contributed by atoms with Gasteiger partial charge in [-0.2, -0.15) is 18.2 Å². The largest absolute Gasteiger partial charge is 0.425 e. The van der Waals surface area contributed by atoms with Crippen molar-refractivity contribution in [3.8, 4) is 0 Å². The van der Waals surface area contributed by atoms with Gasteiger partial charge in [0.05, 0.1) is 18.8 Å². The van der Waals surface area contributed by atoms with E-state index in [1.807, 2.05) is 0 Å². The molecule has 8 nitrogen and oxygen atoms in total. The first kappa shape index (κ1) is 25.0. The van der Waals surface area contributed by atoms with Crippen molar-refractivity contribution in [2.24, 2.45) is 0 Å². The molecule has 0 radical (unpaired) electrons. The number of benzene rings is 1. The molecule has 186 valence electrons. The van der Waals surface area contributed by atoms with E-state index >= 15 is 0 Å². The van der Waals surface area contributed by atoms with Crippen LogP contribution in [0.2, 0.25) is 0 Å². The van der Waals surface area contributed by atoms with Crippen LogP contribution >= 0.6 is 11.3 Å². The van der Waals surface area contributed by atoms with E-state index in [9.17, 15) is 30.8 Å². The summed E-state index contributed by atoms with van der Waals surface area (Å²) >= 11 is 0.533. The Balaban J connectivity index is 1.56. The molecule has 1 aliphatic heterocycles. The van der Waals surface area contributed by atoms with Crippen LogP contribution in [0.3, 0.4) is 0 Å². The summed E-state index contributed by atoms with van der Waals surface area (Å²) in [5.41, 5.74) is 0.564. The number of hydrogen-bond acceptors (Lipinski definition) is 7. The summed E-state index contributed by atoms with van der Waals surface area (Å²) in [7, 11) is -3.61. The Bertz CT molecular complexity index is 1420. The zero-order chi connectivity index (χ0) is 25.4. The number of alkyl halides is 3. The van der Waals surface area contributed by atoms with E-state index in [2.05, 4.69) is 14.7 Å². The van der Waals surface area contributed by atoms with Crippen LogP contribution in [-0.2, 0) is 22.7 Å². The minimum Gasteiger partial charge on any atom is -0.335 e. The SMILES string of the molecule is CS(=O)(=O)NC1CN(c2ncn(Cc3ccc(C(F)(F)F)s3)c(=O)n2)CC=C1c1ccc(F)cc1. The number of thiophene rings is 1. The van der Waals surface area contributed by atoms with Gasteiger partial charge in [0, 0.05) is 18.0 Å². The third-order valence-corrected chi connectivity index (χ3v) is 6.98. The number of sulfonamides is 1. The van der Waals surface area contributed by atoms with E-state index in [4.69, 9.17) is 0 Å². The maximum atomic E-state index is 13.3. The Morgan fingerprint density at radius 1 is 1.17 bits per heavy atom. The first-order valence-electron chi connectivity index (χ1n) is 10.2. The van der Waals surface area contributed by atoms with Crippen LogP contribution in [0.5, 0.6) is 0 Å². The average Bonchev–Trinajstić information content (AvgIpc) is 3.24. The standard InChI is InChI=1S/C21H19F4N5O3S2/c1-35(32,33)28-17-11-29(9-8-16(17)13-2-4-14(22)5-3-13)19-26-12-30(20(31)27-19)10-15-6-7-18(34-15)21(23,24)25/h2-8,12,17,28H,9-11H2,1H3. The highest BCUT2D eigenvalue weighted by Crippen LogP contribution is 2.34. The molecule has 0 saturated heterocycles. The van der Waals surface area contributed by atoms with Crippen molar-refractivity contribution in [3.63, 3.8) is 0 Å². The lowest BCUT2D eigenvalue weighted by Crippen LogP contribution is -2.48. The molecule has 1 aromatic carbocycles. The van der Waals surface area contributed by atoms with Crippen molar-refractivity contribution in [3.05, 3.63) is 80.4 Å². The third kappa shape index (κ3) is 6.13. The highest BCUT2D eigenvalue weighted by molar-refractivity contribution is 7.88. The molecule has 3 heterocycles. The number of halogens is 4. The molecule has 1 aliphatic rings. The molecular formula is C21H19F4N5O3S2. The molecule has 0 spiro atoms. The van der Waals surface area contributed by atoms with Gasteiger partial charge in [0.1, 0.15) is 17.0 Å². The van der Waals surface area contributed by atoms with E-state index < -0.39 is 38.6 Å². The monoisotopic (exact) mass is 529 g/mol. The van der Waals surface area contributed by atoms with Crippen molar-refractivity contribution in [1.29, 1.82) is 0 Å². The molecule has 1 unspecified atom stereocenters. The quantitative estimate of drug-likeness (QED) is 0.494. The summed E-state index contributed by atoms with van der Waals surface area (Å²) in [6.45, 7) is 0.226. The summed E-state index contributed by atoms with van der Waals surface area (Å²) in [6.07, 6.45) is -0.519. The molecule has 4 rings (SSSR count). The molecule has 1 N–H and O–H groups in total. The first-order valence-corrected chi connectivity index (χ1v) is 12.9. The van der Waals surface area contributed by atoms with Gasteiger partial charge in [0.25, 0.3) is 0 Å². The van der Waals surface area contributed by atoms with Crippen LogP contribution in [0.15, 0.2) is 53.6 Å². The van der Waals surface area contributed by atoms with E-state index in [1.54, 1.807) is 23.1 Å². The molecule has 0 aliphatic carbocycles. The van der Waals surface area contributed by atoms with Gasteiger partial charge < -0.3 is 4.90 Å². The maximum Gasteiger partial charge on any atom is 0.425 e. The van der Waals surface area contributed by atoms with Crippen LogP contribution in [0, 0.1) is 5.82 Å². The highest BCUT2D eigenvalue weighted by atomic mass is 32.2. The fourth-order valence-corrected chi connectivity index (χ4v) is 5.21. The molecule has 0 saturated carbocycles. The second-order valence-electron chi connectivity index (χ2n) is 7.84. The second-order valence-corrected chi connectivity index (χ2v) is 10.8. The average molecular weight is 530 g/mol. The summed E-state index contributed by atoms with van der Waals surface area (Å²) in [5, 5.41) is 0. The van der Waals surface area contributed by atoms with E-state index in [0.717, 1.165) is 16.9 Å². The Morgan fingerprint density at radius 2 is 1.89 bits per heavy atom. The summed E-state index contributed by atoms with van der Waals surface area (Å²) in [5.74, 6) is -0.381. The molecule has 2 aromatic heterocycles. The minimum atomic E-state index is -4.46. The minimum absolute atomic E-state index is 0.0446. The van der Waals surface area contributed by atoms with Crippen molar-refractivity contribution in [2.45, 2.75) is 18.8 Å². The summed E-state index contributed by atoms with van der Waals surface area (Å²) < 4.78 is 79.3. The van der Waals surface area contributed by atoms with Crippen molar-refractivity contribution in [2.75, 3.05) is 24.2 Å². The lowest BCUT2D eigenvalue weighted by atomic mass is 9.95. The molecular weight excluding hydrogens is 510 g/mol. The van der Waals surface area contributed by atoms with Crippen molar-refractivity contribution < 1.29 is 26.0 Å². The van der Waals surface area contributed by atoms with Gasteiger partial charge in [-0.3, -0.25) is 4.57 Å². The topological polar surface area (TPSA) is 97.2 Å². The summed E-state index contributed by atoms with van der Waals surface area (Å²) in [4.78, 5) is 21.8. The Kier molecular flexibility index (Phi) is 6.79. The fourth-order valence-electron chi connectivity index (χ4n) is 3.62.